The minimum atomic E-state index is -0.612. The standard InChI is InChI=1S/C17H14N2O5/c20-15-10-23-14-8-12(6-7-13(14)19-15)24-16(21)9-18-17(22)11-4-2-1-3-5-11/h1-8H,9-10H2,(H,18,22)(H,19,20). The Morgan fingerprint density at radius 2 is 1.96 bits per heavy atom. The predicted molar refractivity (Wildman–Crippen MR) is 85.0 cm³/mol. The van der Waals surface area contributed by atoms with Crippen LogP contribution in [0.1, 0.15) is 10.4 Å². The first-order chi connectivity index (χ1) is 11.6. The molecular weight excluding hydrogens is 312 g/mol. The summed E-state index contributed by atoms with van der Waals surface area (Å²) in [6.45, 7) is -0.347. The summed E-state index contributed by atoms with van der Waals surface area (Å²) in [6.07, 6.45) is 0. The van der Waals surface area contributed by atoms with Crippen LogP contribution >= 0.6 is 0 Å². The maximum atomic E-state index is 11.8. The van der Waals surface area contributed by atoms with Crippen LogP contribution in [0.4, 0.5) is 5.69 Å². The summed E-state index contributed by atoms with van der Waals surface area (Å²) in [5, 5.41) is 5.12. The van der Waals surface area contributed by atoms with Crippen LogP contribution in [-0.2, 0) is 9.59 Å². The number of ether oxygens (including phenoxy) is 2. The van der Waals surface area contributed by atoms with Gasteiger partial charge in [-0.25, -0.2) is 4.79 Å². The Labute approximate surface area is 137 Å². The summed E-state index contributed by atoms with van der Waals surface area (Å²) in [6, 6.07) is 13.2. The average Bonchev–Trinajstić information content (AvgIpc) is 2.60. The number of benzene rings is 2. The molecule has 2 N–H and O–H groups in total. The lowest BCUT2D eigenvalue weighted by Crippen LogP contribution is -2.31. The maximum Gasteiger partial charge on any atom is 0.330 e. The van der Waals surface area contributed by atoms with Gasteiger partial charge in [0.25, 0.3) is 11.8 Å². The van der Waals surface area contributed by atoms with Crippen molar-refractivity contribution in [2.24, 2.45) is 0 Å². The number of carbonyl (C=O) groups excluding carboxylic acids is 3. The second-order valence-electron chi connectivity index (χ2n) is 5.02. The molecule has 1 aliphatic rings. The predicted octanol–water partition coefficient (Wildman–Crippen LogP) is 1.35. The summed E-state index contributed by atoms with van der Waals surface area (Å²) in [4.78, 5) is 34.9. The van der Waals surface area contributed by atoms with Crippen molar-refractivity contribution in [3.63, 3.8) is 0 Å². The smallest absolute Gasteiger partial charge is 0.330 e. The average molecular weight is 326 g/mol. The van der Waals surface area contributed by atoms with E-state index in [0.29, 0.717) is 17.0 Å². The quantitative estimate of drug-likeness (QED) is 0.653. The lowest BCUT2D eigenvalue weighted by molar-refractivity contribution is -0.133. The monoisotopic (exact) mass is 326 g/mol. The van der Waals surface area contributed by atoms with Crippen LogP contribution in [0, 0.1) is 0 Å². The zero-order valence-corrected chi connectivity index (χ0v) is 12.6. The number of hydrogen-bond donors (Lipinski definition) is 2. The molecule has 0 unspecified atom stereocenters. The van der Waals surface area contributed by atoms with Gasteiger partial charge in [-0.15, -0.1) is 0 Å². The van der Waals surface area contributed by atoms with Crippen molar-refractivity contribution in [2.75, 3.05) is 18.5 Å². The molecule has 0 radical (unpaired) electrons. The first-order valence-electron chi connectivity index (χ1n) is 7.22. The highest BCUT2D eigenvalue weighted by Gasteiger charge is 2.17. The molecule has 0 aromatic heterocycles. The molecule has 122 valence electrons. The van der Waals surface area contributed by atoms with E-state index in [2.05, 4.69) is 10.6 Å². The fourth-order valence-corrected chi connectivity index (χ4v) is 2.13. The van der Waals surface area contributed by atoms with Crippen LogP contribution in [0.25, 0.3) is 0 Å². The zero-order valence-electron chi connectivity index (χ0n) is 12.6. The number of rotatable bonds is 4. The van der Waals surface area contributed by atoms with Gasteiger partial charge in [0, 0.05) is 11.6 Å². The van der Waals surface area contributed by atoms with Gasteiger partial charge >= 0.3 is 5.97 Å². The Morgan fingerprint density at radius 3 is 2.75 bits per heavy atom. The van der Waals surface area contributed by atoms with Gasteiger partial charge in [-0.05, 0) is 24.3 Å². The number of carbonyl (C=O) groups is 3. The molecule has 1 heterocycles. The van der Waals surface area contributed by atoms with Crippen LogP contribution in [0.3, 0.4) is 0 Å². The van der Waals surface area contributed by atoms with Crippen LogP contribution in [0.2, 0.25) is 0 Å². The lowest BCUT2D eigenvalue weighted by atomic mass is 10.2. The van der Waals surface area contributed by atoms with Crippen molar-refractivity contribution in [2.45, 2.75) is 0 Å². The molecule has 0 saturated carbocycles. The van der Waals surface area contributed by atoms with Gasteiger partial charge in [-0.1, -0.05) is 18.2 Å². The number of hydrogen-bond acceptors (Lipinski definition) is 5. The zero-order chi connectivity index (χ0) is 16.9. The van der Waals surface area contributed by atoms with Crippen molar-refractivity contribution >= 4 is 23.5 Å². The molecule has 0 saturated heterocycles. The van der Waals surface area contributed by atoms with Crippen LogP contribution in [0.5, 0.6) is 11.5 Å². The summed E-state index contributed by atoms with van der Waals surface area (Å²) < 4.78 is 10.4. The third kappa shape index (κ3) is 3.70. The van der Waals surface area contributed by atoms with Crippen molar-refractivity contribution in [3.05, 3.63) is 54.1 Å². The normalized spacial score (nSPS) is 12.4. The van der Waals surface area contributed by atoms with Gasteiger partial charge in [0.1, 0.15) is 18.0 Å². The van der Waals surface area contributed by atoms with E-state index in [9.17, 15) is 14.4 Å². The fourth-order valence-electron chi connectivity index (χ4n) is 2.13. The third-order valence-electron chi connectivity index (χ3n) is 3.25. The first-order valence-corrected chi connectivity index (χ1v) is 7.22. The van der Waals surface area contributed by atoms with Gasteiger partial charge in [0.15, 0.2) is 6.61 Å². The maximum absolute atomic E-state index is 11.8. The summed E-state index contributed by atoms with van der Waals surface area (Å²) in [5.74, 6) is -0.518. The fraction of sp³-hybridized carbons (Fsp3) is 0.118. The summed E-state index contributed by atoms with van der Waals surface area (Å²) >= 11 is 0. The number of nitrogens with one attached hydrogen (secondary N) is 2. The van der Waals surface area contributed by atoms with Crippen molar-refractivity contribution in [1.82, 2.24) is 5.32 Å². The number of fused-ring (bicyclic) bond motifs is 1. The first kappa shape index (κ1) is 15.5. The lowest BCUT2D eigenvalue weighted by Gasteiger charge is -2.18. The molecule has 0 atom stereocenters. The van der Waals surface area contributed by atoms with E-state index in [1.54, 1.807) is 36.4 Å². The van der Waals surface area contributed by atoms with Crippen molar-refractivity contribution in [3.8, 4) is 11.5 Å². The topological polar surface area (TPSA) is 93.7 Å². The van der Waals surface area contributed by atoms with Gasteiger partial charge in [-0.2, -0.15) is 0 Å². The van der Waals surface area contributed by atoms with Gasteiger partial charge < -0.3 is 20.1 Å². The molecule has 2 aromatic carbocycles. The molecule has 24 heavy (non-hydrogen) atoms. The van der Waals surface area contributed by atoms with E-state index in [1.807, 2.05) is 0 Å². The number of anilines is 1. The number of amides is 2. The Hall–Kier alpha value is -3.35. The van der Waals surface area contributed by atoms with Crippen molar-refractivity contribution in [1.29, 1.82) is 0 Å². The highest BCUT2D eigenvalue weighted by molar-refractivity contribution is 5.96. The molecule has 0 fully saturated rings. The summed E-state index contributed by atoms with van der Waals surface area (Å²) in [7, 11) is 0. The largest absolute Gasteiger partial charge is 0.481 e. The van der Waals surface area contributed by atoms with Crippen molar-refractivity contribution < 1.29 is 23.9 Å². The number of esters is 1. The van der Waals surface area contributed by atoms with Gasteiger partial charge in [0.2, 0.25) is 0 Å². The molecular formula is C17H14N2O5. The van der Waals surface area contributed by atoms with E-state index in [-0.39, 0.29) is 30.7 Å². The van der Waals surface area contributed by atoms with Gasteiger partial charge in [-0.3, -0.25) is 9.59 Å². The molecule has 2 amide bonds. The Kier molecular flexibility index (Phi) is 4.42. The highest BCUT2D eigenvalue weighted by atomic mass is 16.5. The minimum absolute atomic E-state index is 0.0858. The second-order valence-corrected chi connectivity index (χ2v) is 5.02. The van der Waals surface area contributed by atoms with Crippen LogP contribution in [-0.4, -0.2) is 30.9 Å². The van der Waals surface area contributed by atoms with Gasteiger partial charge in [0.05, 0.1) is 5.69 Å². The van der Waals surface area contributed by atoms with Crippen LogP contribution < -0.4 is 20.1 Å². The second kappa shape index (κ2) is 6.82. The Morgan fingerprint density at radius 1 is 1.17 bits per heavy atom. The minimum Gasteiger partial charge on any atom is -0.481 e. The Balaban J connectivity index is 1.55. The van der Waals surface area contributed by atoms with Crippen LogP contribution in [0.15, 0.2) is 48.5 Å². The molecule has 7 nitrogen and oxygen atoms in total. The molecule has 0 aliphatic carbocycles. The third-order valence-corrected chi connectivity index (χ3v) is 3.25. The molecule has 0 bridgehead atoms. The SMILES string of the molecule is O=C1COc2cc(OC(=O)CNC(=O)c3ccccc3)ccc2N1. The van der Waals surface area contributed by atoms with E-state index in [4.69, 9.17) is 9.47 Å². The molecule has 7 heteroatoms. The van der Waals surface area contributed by atoms with E-state index >= 15 is 0 Å². The molecule has 3 rings (SSSR count). The highest BCUT2D eigenvalue weighted by Crippen LogP contribution is 2.31. The summed E-state index contributed by atoms with van der Waals surface area (Å²) in [5.41, 5.74) is 0.978. The Bertz CT molecular complexity index is 789. The van der Waals surface area contributed by atoms with E-state index in [0.717, 1.165) is 0 Å². The molecule has 2 aromatic rings. The molecule has 0 spiro atoms. The molecule has 1 aliphatic heterocycles. The van der Waals surface area contributed by atoms with E-state index in [1.165, 1.54) is 12.1 Å². The van der Waals surface area contributed by atoms with E-state index < -0.39 is 5.97 Å².